The summed E-state index contributed by atoms with van der Waals surface area (Å²) in [6.07, 6.45) is 4.41. The highest BCUT2D eigenvalue weighted by atomic mass is 16.2. The molecule has 1 saturated heterocycles. The van der Waals surface area contributed by atoms with Gasteiger partial charge in [0.2, 0.25) is 5.91 Å². The Hall–Kier alpha value is -2.43. The number of amides is 1. The van der Waals surface area contributed by atoms with Crippen molar-refractivity contribution in [3.8, 4) is 0 Å². The molecule has 0 unspecified atom stereocenters. The van der Waals surface area contributed by atoms with E-state index in [1.807, 2.05) is 29.2 Å². The largest absolute Gasteiger partial charge is 0.335 e. The number of nitrogens with zero attached hydrogens (tertiary/aromatic N) is 3. The third-order valence-corrected chi connectivity index (χ3v) is 5.44. The van der Waals surface area contributed by atoms with Crippen molar-refractivity contribution in [2.75, 3.05) is 39.3 Å². The molecule has 2 aromatic rings. The average Bonchev–Trinajstić information content (AvgIpc) is 2.74. The molecule has 0 N–H and O–H groups in total. The lowest BCUT2D eigenvalue weighted by molar-refractivity contribution is -0.135. The minimum absolute atomic E-state index is 0.201. The summed E-state index contributed by atoms with van der Waals surface area (Å²) >= 11 is 0. The maximum atomic E-state index is 12.9. The SMILES string of the molecule is CC(C)N(Cc1ccccc1)C(=O)CN1CCN(C/C=C/c2ccccc2)CC1. The summed E-state index contributed by atoms with van der Waals surface area (Å²) in [5.74, 6) is 0.223. The van der Waals surface area contributed by atoms with Crippen molar-refractivity contribution in [3.05, 3.63) is 77.9 Å². The molecule has 0 bridgehead atoms. The van der Waals surface area contributed by atoms with E-state index in [-0.39, 0.29) is 11.9 Å². The zero-order valence-corrected chi connectivity index (χ0v) is 17.7. The van der Waals surface area contributed by atoms with Gasteiger partial charge in [0.15, 0.2) is 0 Å². The van der Waals surface area contributed by atoms with Crippen LogP contribution in [0.5, 0.6) is 0 Å². The number of hydrogen-bond donors (Lipinski definition) is 0. The van der Waals surface area contributed by atoms with Gasteiger partial charge in [-0.2, -0.15) is 0 Å². The lowest BCUT2D eigenvalue weighted by atomic mass is 10.2. The van der Waals surface area contributed by atoms with Gasteiger partial charge in [0.25, 0.3) is 0 Å². The summed E-state index contributed by atoms with van der Waals surface area (Å²) in [7, 11) is 0. The highest BCUT2D eigenvalue weighted by Gasteiger charge is 2.23. The summed E-state index contributed by atoms with van der Waals surface area (Å²) in [6, 6.07) is 20.9. The molecular weight excluding hydrogens is 358 g/mol. The molecule has 4 nitrogen and oxygen atoms in total. The van der Waals surface area contributed by atoms with Crippen LogP contribution >= 0.6 is 0 Å². The molecule has 1 aliphatic rings. The number of carbonyl (C=O) groups is 1. The second-order valence-electron chi connectivity index (χ2n) is 7.99. The minimum Gasteiger partial charge on any atom is -0.335 e. The van der Waals surface area contributed by atoms with E-state index in [4.69, 9.17) is 0 Å². The maximum Gasteiger partial charge on any atom is 0.237 e. The van der Waals surface area contributed by atoms with Gasteiger partial charge in [-0.25, -0.2) is 0 Å². The topological polar surface area (TPSA) is 26.8 Å². The normalized spacial score (nSPS) is 15.8. The molecule has 1 aliphatic heterocycles. The fourth-order valence-corrected chi connectivity index (χ4v) is 3.65. The van der Waals surface area contributed by atoms with Gasteiger partial charge in [-0.1, -0.05) is 72.8 Å². The Labute approximate surface area is 175 Å². The lowest BCUT2D eigenvalue weighted by Crippen LogP contribution is -2.50. The van der Waals surface area contributed by atoms with Crippen LogP contribution in [0.4, 0.5) is 0 Å². The van der Waals surface area contributed by atoms with E-state index in [1.54, 1.807) is 0 Å². The summed E-state index contributed by atoms with van der Waals surface area (Å²) in [6.45, 7) is 10.3. The number of carbonyl (C=O) groups excluding carboxylic acids is 1. The molecule has 1 amide bonds. The predicted octanol–water partition coefficient (Wildman–Crippen LogP) is 3.75. The third kappa shape index (κ3) is 6.84. The fourth-order valence-electron chi connectivity index (χ4n) is 3.65. The standard InChI is InChI=1S/C25H33N3O/c1-22(2)28(20-24-12-7-4-8-13-24)25(29)21-27-18-16-26(17-19-27)15-9-14-23-10-5-3-6-11-23/h3-14,22H,15-21H2,1-2H3/b14-9+. The minimum atomic E-state index is 0.201. The van der Waals surface area contributed by atoms with E-state index in [2.05, 4.69) is 72.2 Å². The second-order valence-corrected chi connectivity index (χ2v) is 7.99. The van der Waals surface area contributed by atoms with Crippen molar-refractivity contribution < 1.29 is 4.79 Å². The van der Waals surface area contributed by atoms with Crippen LogP contribution in [0.15, 0.2) is 66.7 Å². The van der Waals surface area contributed by atoms with Gasteiger partial charge < -0.3 is 4.90 Å². The first-order valence-electron chi connectivity index (χ1n) is 10.6. The molecule has 154 valence electrons. The Morgan fingerprint density at radius 1 is 0.931 bits per heavy atom. The molecule has 0 atom stereocenters. The average molecular weight is 392 g/mol. The summed E-state index contributed by atoms with van der Waals surface area (Å²) < 4.78 is 0. The van der Waals surface area contributed by atoms with Gasteiger partial charge in [0, 0.05) is 45.3 Å². The molecule has 3 rings (SSSR count). The molecule has 0 spiro atoms. The van der Waals surface area contributed by atoms with Gasteiger partial charge in [-0.15, -0.1) is 0 Å². The lowest BCUT2D eigenvalue weighted by Gasteiger charge is -2.35. The number of hydrogen-bond acceptors (Lipinski definition) is 3. The molecule has 1 fully saturated rings. The number of benzene rings is 2. The smallest absolute Gasteiger partial charge is 0.237 e. The summed E-state index contributed by atoms with van der Waals surface area (Å²) in [5, 5.41) is 0. The molecule has 1 heterocycles. The first-order valence-corrected chi connectivity index (χ1v) is 10.6. The van der Waals surface area contributed by atoms with Crippen LogP contribution in [0.25, 0.3) is 6.08 Å². The van der Waals surface area contributed by atoms with Gasteiger partial charge in [0.1, 0.15) is 0 Å². The molecule has 2 aromatic carbocycles. The van der Waals surface area contributed by atoms with Gasteiger partial charge in [0.05, 0.1) is 6.54 Å². The van der Waals surface area contributed by atoms with Gasteiger partial charge >= 0.3 is 0 Å². The van der Waals surface area contributed by atoms with Crippen LogP contribution in [0, 0.1) is 0 Å². The van der Waals surface area contributed by atoms with Gasteiger partial charge in [-0.05, 0) is 25.0 Å². The Morgan fingerprint density at radius 3 is 2.14 bits per heavy atom. The Bertz CT molecular complexity index is 765. The fraction of sp³-hybridized carbons (Fsp3) is 0.400. The molecular formula is C25H33N3O. The van der Waals surface area contributed by atoms with E-state index >= 15 is 0 Å². The van der Waals surface area contributed by atoms with E-state index in [0.717, 1.165) is 32.7 Å². The first-order chi connectivity index (χ1) is 14.1. The molecule has 0 saturated carbocycles. The quantitative estimate of drug-likeness (QED) is 0.686. The van der Waals surface area contributed by atoms with Crippen molar-refractivity contribution >= 4 is 12.0 Å². The molecule has 29 heavy (non-hydrogen) atoms. The zero-order chi connectivity index (χ0) is 20.5. The number of piperazine rings is 1. The van der Waals surface area contributed by atoms with E-state index in [9.17, 15) is 4.79 Å². The maximum absolute atomic E-state index is 12.9. The van der Waals surface area contributed by atoms with Crippen LogP contribution in [0.2, 0.25) is 0 Å². The number of rotatable bonds is 8. The second kappa shape index (κ2) is 10.9. The predicted molar refractivity (Wildman–Crippen MR) is 120 cm³/mol. The van der Waals surface area contributed by atoms with Crippen molar-refractivity contribution in [2.24, 2.45) is 0 Å². The Morgan fingerprint density at radius 2 is 1.52 bits per heavy atom. The Kier molecular flexibility index (Phi) is 8.03. The van der Waals surface area contributed by atoms with Gasteiger partial charge in [-0.3, -0.25) is 14.6 Å². The first kappa shape index (κ1) is 21.3. The van der Waals surface area contributed by atoms with Crippen molar-refractivity contribution in [3.63, 3.8) is 0 Å². The summed E-state index contributed by atoms with van der Waals surface area (Å²) in [4.78, 5) is 19.7. The molecule has 0 aromatic heterocycles. The van der Waals surface area contributed by atoms with Crippen molar-refractivity contribution in [1.82, 2.24) is 14.7 Å². The molecule has 0 aliphatic carbocycles. The van der Waals surface area contributed by atoms with Crippen LogP contribution < -0.4 is 0 Å². The summed E-state index contributed by atoms with van der Waals surface area (Å²) in [5.41, 5.74) is 2.42. The highest BCUT2D eigenvalue weighted by molar-refractivity contribution is 5.78. The molecule has 4 heteroatoms. The van der Waals surface area contributed by atoms with Crippen LogP contribution in [-0.4, -0.2) is 65.9 Å². The highest BCUT2D eigenvalue weighted by Crippen LogP contribution is 2.11. The van der Waals surface area contributed by atoms with E-state index < -0.39 is 0 Å². The van der Waals surface area contributed by atoms with E-state index in [1.165, 1.54) is 11.1 Å². The van der Waals surface area contributed by atoms with Crippen LogP contribution in [0.3, 0.4) is 0 Å². The van der Waals surface area contributed by atoms with Crippen LogP contribution in [-0.2, 0) is 11.3 Å². The molecule has 0 radical (unpaired) electrons. The van der Waals surface area contributed by atoms with Crippen molar-refractivity contribution in [2.45, 2.75) is 26.4 Å². The monoisotopic (exact) mass is 391 g/mol. The van der Waals surface area contributed by atoms with Crippen molar-refractivity contribution in [1.29, 1.82) is 0 Å². The van der Waals surface area contributed by atoms with Crippen LogP contribution in [0.1, 0.15) is 25.0 Å². The Balaban J connectivity index is 1.44. The zero-order valence-electron chi connectivity index (χ0n) is 17.7. The van der Waals surface area contributed by atoms with E-state index in [0.29, 0.717) is 13.1 Å². The third-order valence-electron chi connectivity index (χ3n) is 5.44.